The maximum atomic E-state index is 4.88. The van der Waals surface area contributed by atoms with Gasteiger partial charge in [0.1, 0.15) is 11.6 Å². The van der Waals surface area contributed by atoms with Crippen LogP contribution in [0.5, 0.6) is 0 Å². The number of nitrogens with zero attached hydrogens (tertiary/aromatic N) is 2. The van der Waals surface area contributed by atoms with Crippen LogP contribution in [0.2, 0.25) is 0 Å². The molecular formula is C16H25N3S. The molecule has 1 aliphatic carbocycles. The van der Waals surface area contributed by atoms with Crippen molar-refractivity contribution in [2.45, 2.75) is 57.0 Å². The van der Waals surface area contributed by atoms with Crippen LogP contribution in [0.1, 0.15) is 62.5 Å². The second kappa shape index (κ2) is 5.92. The predicted molar refractivity (Wildman–Crippen MR) is 86.1 cm³/mol. The van der Waals surface area contributed by atoms with Gasteiger partial charge in [0.05, 0.1) is 5.69 Å². The molecule has 20 heavy (non-hydrogen) atoms. The van der Waals surface area contributed by atoms with Gasteiger partial charge in [-0.1, -0.05) is 13.8 Å². The summed E-state index contributed by atoms with van der Waals surface area (Å²) < 4.78 is 0. The van der Waals surface area contributed by atoms with Crippen LogP contribution in [-0.2, 0) is 11.5 Å². The van der Waals surface area contributed by atoms with Crippen molar-refractivity contribution in [3.63, 3.8) is 0 Å². The van der Waals surface area contributed by atoms with Gasteiger partial charge in [-0.05, 0) is 37.5 Å². The lowest BCUT2D eigenvalue weighted by Crippen LogP contribution is -2.19. The van der Waals surface area contributed by atoms with Gasteiger partial charge in [0, 0.05) is 30.0 Å². The van der Waals surface area contributed by atoms with E-state index in [2.05, 4.69) is 19.2 Å². The highest BCUT2D eigenvalue weighted by Crippen LogP contribution is 2.39. The number of hydrogen-bond acceptors (Lipinski definition) is 4. The molecule has 3 nitrogen and oxygen atoms in total. The summed E-state index contributed by atoms with van der Waals surface area (Å²) in [6.07, 6.45) is 5.20. The Balaban J connectivity index is 1.78. The number of hydrogen-bond donors (Lipinski definition) is 1. The molecule has 4 heteroatoms. The van der Waals surface area contributed by atoms with Crippen molar-refractivity contribution in [2.75, 3.05) is 12.4 Å². The first-order chi connectivity index (χ1) is 9.69. The van der Waals surface area contributed by atoms with Crippen LogP contribution < -0.4 is 5.32 Å². The molecule has 0 saturated heterocycles. The van der Waals surface area contributed by atoms with Crippen LogP contribution in [0.15, 0.2) is 0 Å². The first-order valence-corrected chi connectivity index (χ1v) is 8.99. The normalized spacial score (nSPS) is 25.8. The minimum absolute atomic E-state index is 0.577. The van der Waals surface area contributed by atoms with Gasteiger partial charge in [-0.15, -0.1) is 0 Å². The molecule has 2 aliphatic rings. The summed E-state index contributed by atoms with van der Waals surface area (Å²) in [4.78, 5) is 9.70. The lowest BCUT2D eigenvalue weighted by molar-refractivity contribution is 0.254. The third-order valence-electron chi connectivity index (χ3n) is 4.91. The average Bonchev–Trinajstić information content (AvgIpc) is 2.94. The number of fused-ring (bicyclic) bond motifs is 1. The SMILES string of the molecule is CNc1nc(C2CCC(C(C)C)CC2)nc2c1CSC2. The van der Waals surface area contributed by atoms with Crippen molar-refractivity contribution in [3.8, 4) is 0 Å². The van der Waals surface area contributed by atoms with Crippen molar-refractivity contribution in [2.24, 2.45) is 11.8 Å². The van der Waals surface area contributed by atoms with Gasteiger partial charge in [0.2, 0.25) is 0 Å². The summed E-state index contributed by atoms with van der Waals surface area (Å²) in [7, 11) is 1.98. The molecular weight excluding hydrogens is 266 g/mol. The quantitative estimate of drug-likeness (QED) is 0.906. The summed E-state index contributed by atoms with van der Waals surface area (Å²) in [5.41, 5.74) is 2.60. The van der Waals surface area contributed by atoms with Gasteiger partial charge in [-0.2, -0.15) is 11.8 Å². The third-order valence-corrected chi connectivity index (χ3v) is 5.88. The van der Waals surface area contributed by atoms with Gasteiger partial charge in [-0.25, -0.2) is 9.97 Å². The van der Waals surface area contributed by atoms with E-state index in [4.69, 9.17) is 9.97 Å². The van der Waals surface area contributed by atoms with Crippen molar-refractivity contribution < 1.29 is 0 Å². The van der Waals surface area contributed by atoms with Gasteiger partial charge in [0.25, 0.3) is 0 Å². The lowest BCUT2D eigenvalue weighted by atomic mass is 9.76. The molecule has 0 amide bonds. The number of thioether (sulfide) groups is 1. The average molecular weight is 291 g/mol. The van der Waals surface area contributed by atoms with Crippen LogP contribution in [0.4, 0.5) is 5.82 Å². The van der Waals surface area contributed by atoms with Gasteiger partial charge in [-0.3, -0.25) is 0 Å². The molecule has 0 aromatic carbocycles. The number of aromatic nitrogens is 2. The van der Waals surface area contributed by atoms with E-state index < -0.39 is 0 Å². The first-order valence-electron chi connectivity index (χ1n) is 7.84. The van der Waals surface area contributed by atoms with Gasteiger partial charge in [0.15, 0.2) is 0 Å². The van der Waals surface area contributed by atoms with Gasteiger partial charge >= 0.3 is 0 Å². The monoisotopic (exact) mass is 291 g/mol. The Morgan fingerprint density at radius 1 is 1.10 bits per heavy atom. The Labute approximate surface area is 126 Å². The van der Waals surface area contributed by atoms with Crippen molar-refractivity contribution in [1.82, 2.24) is 9.97 Å². The fraction of sp³-hybridized carbons (Fsp3) is 0.750. The molecule has 0 unspecified atom stereocenters. The minimum atomic E-state index is 0.577. The fourth-order valence-electron chi connectivity index (χ4n) is 3.50. The Bertz CT molecular complexity index is 479. The van der Waals surface area contributed by atoms with Crippen LogP contribution >= 0.6 is 11.8 Å². The zero-order valence-electron chi connectivity index (χ0n) is 12.8. The lowest BCUT2D eigenvalue weighted by Gasteiger charge is -2.30. The van der Waals surface area contributed by atoms with Gasteiger partial charge < -0.3 is 5.32 Å². The van der Waals surface area contributed by atoms with E-state index in [1.807, 2.05) is 18.8 Å². The third kappa shape index (κ3) is 2.67. The van der Waals surface area contributed by atoms with Crippen LogP contribution in [-0.4, -0.2) is 17.0 Å². The smallest absolute Gasteiger partial charge is 0.134 e. The zero-order valence-corrected chi connectivity index (χ0v) is 13.6. The maximum Gasteiger partial charge on any atom is 0.134 e. The molecule has 0 spiro atoms. The van der Waals surface area contributed by atoms with E-state index in [-0.39, 0.29) is 0 Å². The van der Waals surface area contributed by atoms with Crippen LogP contribution in [0.3, 0.4) is 0 Å². The van der Waals surface area contributed by atoms with Crippen LogP contribution in [0, 0.1) is 11.8 Å². The Hall–Kier alpha value is -0.770. The maximum absolute atomic E-state index is 4.88. The Morgan fingerprint density at radius 3 is 2.50 bits per heavy atom. The molecule has 110 valence electrons. The second-order valence-electron chi connectivity index (χ2n) is 6.45. The molecule has 1 fully saturated rings. The molecule has 1 aromatic rings. The summed E-state index contributed by atoms with van der Waals surface area (Å²) >= 11 is 1.95. The Morgan fingerprint density at radius 2 is 1.85 bits per heavy atom. The molecule has 3 rings (SSSR count). The molecule has 1 saturated carbocycles. The number of rotatable bonds is 3. The summed E-state index contributed by atoms with van der Waals surface area (Å²) in [6, 6.07) is 0. The Kier molecular flexibility index (Phi) is 4.20. The van der Waals surface area contributed by atoms with Crippen LogP contribution in [0.25, 0.3) is 0 Å². The van der Waals surface area contributed by atoms with E-state index in [0.717, 1.165) is 35.0 Å². The van der Waals surface area contributed by atoms with E-state index in [0.29, 0.717) is 5.92 Å². The molecule has 2 heterocycles. The summed E-state index contributed by atoms with van der Waals surface area (Å²) in [5.74, 6) is 6.58. The summed E-state index contributed by atoms with van der Waals surface area (Å²) in [6.45, 7) is 4.71. The van der Waals surface area contributed by atoms with Crippen molar-refractivity contribution in [1.29, 1.82) is 0 Å². The highest BCUT2D eigenvalue weighted by Gasteiger charge is 2.28. The van der Waals surface area contributed by atoms with Crippen molar-refractivity contribution in [3.05, 3.63) is 17.1 Å². The zero-order chi connectivity index (χ0) is 14.1. The molecule has 0 bridgehead atoms. The minimum Gasteiger partial charge on any atom is -0.373 e. The van der Waals surface area contributed by atoms with E-state index in [9.17, 15) is 0 Å². The predicted octanol–water partition coefficient (Wildman–Crippen LogP) is 4.19. The van der Waals surface area contributed by atoms with E-state index in [1.54, 1.807) is 0 Å². The molecule has 1 aromatic heterocycles. The molecule has 0 atom stereocenters. The molecule has 0 radical (unpaired) electrons. The topological polar surface area (TPSA) is 37.8 Å². The van der Waals surface area contributed by atoms with Crippen molar-refractivity contribution >= 4 is 17.6 Å². The second-order valence-corrected chi connectivity index (χ2v) is 7.44. The summed E-state index contributed by atoms with van der Waals surface area (Å²) in [5, 5.41) is 3.27. The number of nitrogens with one attached hydrogen (secondary N) is 1. The fourth-order valence-corrected chi connectivity index (χ4v) is 4.55. The largest absolute Gasteiger partial charge is 0.373 e. The standard InChI is InChI=1S/C16H25N3S/c1-10(2)11-4-6-12(7-5-11)15-18-14-9-20-8-13(14)16(17-3)19-15/h10-12H,4-9H2,1-3H3,(H,17,18,19). The van der Waals surface area contributed by atoms with E-state index in [1.165, 1.54) is 36.9 Å². The number of anilines is 1. The van der Waals surface area contributed by atoms with E-state index >= 15 is 0 Å². The highest BCUT2D eigenvalue weighted by atomic mass is 32.2. The first kappa shape index (κ1) is 14.2. The highest BCUT2D eigenvalue weighted by molar-refractivity contribution is 7.98. The molecule has 1 aliphatic heterocycles. The molecule has 1 N–H and O–H groups in total.